The maximum atomic E-state index is 15.4. The number of hydrogen-bond donors (Lipinski definition) is 7. The predicted octanol–water partition coefficient (Wildman–Crippen LogP) is -1.02. The van der Waals surface area contributed by atoms with Gasteiger partial charge in [0.25, 0.3) is 11.4 Å². The van der Waals surface area contributed by atoms with E-state index >= 15 is 4.39 Å². The number of carbonyl (C=O) groups is 1. The standard InChI is InChI=1S/C10H14FN2O15P3S/c11-10(3-25-30(21,22)28-31(23,24)27-29(18,19)20)6(16)5(15)8(26-10)13-1-4(2-14)7(17)12-9(13)32/h1-2,5-6,8,15-16H,3H2,(H,21,22)(H,23,24)(H,12,17,32)(H2,18,19,20)/t5-,6+,8-,10-/m1/s1/i3D2. The summed E-state index contributed by atoms with van der Waals surface area (Å²) < 4.78 is 79.4. The zero-order valence-corrected chi connectivity index (χ0v) is 18.3. The molecule has 0 amide bonds. The Balaban J connectivity index is 2.38. The zero-order chi connectivity index (χ0) is 26.5. The normalized spacial score (nSPS) is 31.3. The number of halogens is 1. The molecule has 0 aliphatic carbocycles. The fraction of sp³-hybridized carbons (Fsp3) is 0.500. The van der Waals surface area contributed by atoms with Crippen molar-refractivity contribution in [3.63, 3.8) is 0 Å². The lowest BCUT2D eigenvalue weighted by Crippen LogP contribution is -2.42. The molecule has 182 valence electrons. The molecule has 0 radical (unpaired) electrons. The summed E-state index contributed by atoms with van der Waals surface area (Å²) in [6, 6.07) is 0. The molecule has 1 saturated heterocycles. The topological polar surface area (TPSA) is 264 Å². The van der Waals surface area contributed by atoms with Gasteiger partial charge in [-0.2, -0.15) is 8.62 Å². The van der Waals surface area contributed by atoms with Crippen molar-refractivity contribution in [2.24, 2.45) is 0 Å². The van der Waals surface area contributed by atoms with Gasteiger partial charge in [0.05, 0.1) is 8.30 Å². The van der Waals surface area contributed by atoms with Crippen LogP contribution in [0, 0.1) is 4.77 Å². The monoisotopic (exact) mass is 548 g/mol. The summed E-state index contributed by atoms with van der Waals surface area (Å²) in [5, 5.41) is 20.2. The van der Waals surface area contributed by atoms with Crippen molar-refractivity contribution in [3.05, 3.63) is 26.9 Å². The van der Waals surface area contributed by atoms with Crippen LogP contribution in [0.5, 0.6) is 0 Å². The maximum Gasteiger partial charge on any atom is 0.490 e. The molecular weight excluding hydrogens is 532 g/mol. The minimum Gasteiger partial charge on any atom is -0.385 e. The van der Waals surface area contributed by atoms with E-state index in [1.54, 1.807) is 0 Å². The van der Waals surface area contributed by atoms with Crippen LogP contribution in [-0.4, -0.2) is 70.2 Å². The van der Waals surface area contributed by atoms with Crippen molar-refractivity contribution in [2.45, 2.75) is 24.3 Å². The highest BCUT2D eigenvalue weighted by Crippen LogP contribution is 2.66. The lowest BCUT2D eigenvalue weighted by atomic mass is 10.1. The average molecular weight is 548 g/mol. The quantitative estimate of drug-likeness (QED) is 0.111. The second-order valence-corrected chi connectivity index (χ2v) is 10.5. The third kappa shape index (κ3) is 6.53. The van der Waals surface area contributed by atoms with Gasteiger partial charge in [-0.3, -0.25) is 23.7 Å². The summed E-state index contributed by atoms with van der Waals surface area (Å²) in [6.07, 6.45) is -6.87. The number of hydrogen-bond acceptors (Lipinski definition) is 12. The number of alkyl halides is 1. The van der Waals surface area contributed by atoms with Crippen molar-refractivity contribution in [2.75, 3.05) is 6.56 Å². The molecule has 1 aromatic heterocycles. The molecule has 0 bridgehead atoms. The SMILES string of the molecule is [2H]C([2H])(OP(=O)(O)OP(=O)(O)OP(=O)(O)O)[C@@]1(F)O[C@@H](n2cc(C=O)c(=O)[nH]c2=S)[C@H](O)[C@@H]1O. The number of nitrogens with one attached hydrogen (secondary N) is 1. The molecular formula is C10H14FN2O15P3S. The molecule has 0 saturated carbocycles. The largest absolute Gasteiger partial charge is 0.490 e. The van der Waals surface area contributed by atoms with Gasteiger partial charge in [-0.1, -0.05) is 0 Å². The van der Waals surface area contributed by atoms with Crippen LogP contribution in [0.3, 0.4) is 0 Å². The molecule has 0 spiro atoms. The number of phosphoric acid groups is 3. The van der Waals surface area contributed by atoms with E-state index in [4.69, 9.17) is 29.6 Å². The summed E-state index contributed by atoms with van der Waals surface area (Å²) in [7, 11) is -18.2. The average Bonchev–Trinajstić information content (AvgIpc) is 2.83. The van der Waals surface area contributed by atoms with E-state index in [0.29, 0.717) is 10.8 Å². The molecule has 2 heterocycles. The Labute approximate surface area is 183 Å². The van der Waals surface area contributed by atoms with Crippen LogP contribution in [0.25, 0.3) is 0 Å². The Morgan fingerprint density at radius 1 is 1.28 bits per heavy atom. The molecule has 17 nitrogen and oxygen atoms in total. The number of nitrogens with zero attached hydrogens (tertiary/aromatic N) is 1. The Morgan fingerprint density at radius 2 is 1.88 bits per heavy atom. The molecule has 1 aliphatic heterocycles. The number of phosphoric ester groups is 1. The van der Waals surface area contributed by atoms with Gasteiger partial charge < -0.3 is 34.5 Å². The van der Waals surface area contributed by atoms with Crippen molar-refractivity contribution in [1.29, 1.82) is 0 Å². The summed E-state index contributed by atoms with van der Waals surface area (Å²) in [5.41, 5.74) is -1.62. The maximum absolute atomic E-state index is 15.4. The van der Waals surface area contributed by atoms with Crippen molar-refractivity contribution in [3.8, 4) is 0 Å². The lowest BCUT2D eigenvalue weighted by molar-refractivity contribution is -0.204. The highest BCUT2D eigenvalue weighted by atomic mass is 32.1. The van der Waals surface area contributed by atoms with E-state index in [2.05, 4.69) is 17.9 Å². The van der Waals surface area contributed by atoms with Crippen molar-refractivity contribution in [1.82, 2.24) is 9.55 Å². The van der Waals surface area contributed by atoms with Gasteiger partial charge in [0.15, 0.2) is 17.3 Å². The van der Waals surface area contributed by atoms with Gasteiger partial charge in [-0.05, 0) is 12.2 Å². The van der Waals surface area contributed by atoms with Crippen molar-refractivity contribution < 1.29 is 73.3 Å². The van der Waals surface area contributed by atoms with Crippen LogP contribution < -0.4 is 5.56 Å². The number of ether oxygens (including phenoxy) is 1. The number of aromatic nitrogens is 2. The predicted molar refractivity (Wildman–Crippen MR) is 97.1 cm³/mol. The Morgan fingerprint density at radius 3 is 2.41 bits per heavy atom. The van der Waals surface area contributed by atoms with Gasteiger partial charge in [0, 0.05) is 6.20 Å². The number of aliphatic hydroxyl groups excluding tert-OH is 2. The van der Waals surface area contributed by atoms with Gasteiger partial charge in [0.1, 0.15) is 18.8 Å². The van der Waals surface area contributed by atoms with Crippen LogP contribution in [-0.2, 0) is 31.6 Å². The van der Waals surface area contributed by atoms with Crippen molar-refractivity contribution >= 4 is 42.0 Å². The molecule has 22 heteroatoms. The molecule has 2 rings (SSSR count). The molecule has 6 atom stereocenters. The highest BCUT2D eigenvalue weighted by molar-refractivity contribution is 7.71. The highest BCUT2D eigenvalue weighted by Gasteiger charge is 2.57. The van der Waals surface area contributed by atoms with Crippen LogP contribution in [0.15, 0.2) is 11.0 Å². The van der Waals surface area contributed by atoms with Crippen LogP contribution in [0.2, 0.25) is 0 Å². The molecule has 1 aromatic rings. The van der Waals surface area contributed by atoms with E-state index in [1.165, 1.54) is 0 Å². The number of rotatable bonds is 9. The Hall–Kier alpha value is -1.01. The number of aldehydes is 1. The van der Waals surface area contributed by atoms with Gasteiger partial charge in [0.2, 0.25) is 0 Å². The minimum atomic E-state index is -6.27. The second-order valence-electron chi connectivity index (χ2n) is 5.74. The van der Waals surface area contributed by atoms with Gasteiger partial charge in [-0.15, -0.1) is 0 Å². The van der Waals surface area contributed by atoms with E-state index in [0.717, 1.165) is 0 Å². The second kappa shape index (κ2) is 9.32. The fourth-order valence-electron chi connectivity index (χ4n) is 2.19. The third-order valence-electron chi connectivity index (χ3n) is 3.40. The first kappa shape index (κ1) is 24.1. The summed E-state index contributed by atoms with van der Waals surface area (Å²) >= 11 is 4.76. The summed E-state index contributed by atoms with van der Waals surface area (Å²) in [6.45, 7) is -4.31. The first-order valence-corrected chi connectivity index (χ1v) is 12.5. The fourth-order valence-corrected chi connectivity index (χ4v) is 5.32. The Kier molecular flexibility index (Phi) is 7.03. The number of carbonyl (C=O) groups excluding carboxylic acids is 1. The van der Waals surface area contributed by atoms with Gasteiger partial charge >= 0.3 is 23.5 Å². The first-order valence-electron chi connectivity index (χ1n) is 8.53. The van der Waals surface area contributed by atoms with Crippen LogP contribution in [0.4, 0.5) is 4.39 Å². The lowest BCUT2D eigenvalue weighted by Gasteiger charge is -2.24. The third-order valence-corrected chi connectivity index (χ3v) is 7.36. The number of H-pyrrole nitrogens is 1. The number of aromatic amines is 1. The molecule has 0 aromatic carbocycles. The smallest absolute Gasteiger partial charge is 0.385 e. The van der Waals surface area contributed by atoms with E-state index in [-0.39, 0.29) is 6.29 Å². The Bertz CT molecular complexity index is 1240. The zero-order valence-electron chi connectivity index (χ0n) is 16.8. The molecule has 2 unspecified atom stereocenters. The summed E-state index contributed by atoms with van der Waals surface area (Å²) in [4.78, 5) is 60.0. The number of aliphatic hydroxyl groups is 2. The molecule has 1 aliphatic rings. The van der Waals surface area contributed by atoms with Gasteiger partial charge in [-0.25, -0.2) is 18.1 Å². The molecule has 7 N–H and O–H groups in total. The van der Waals surface area contributed by atoms with Crippen LogP contribution >= 0.6 is 35.7 Å². The van der Waals surface area contributed by atoms with Crippen LogP contribution in [0.1, 0.15) is 19.3 Å². The molecule has 1 fully saturated rings. The first-order chi connectivity index (χ1) is 15.1. The van der Waals surface area contributed by atoms with E-state index in [1.807, 2.05) is 4.98 Å². The van der Waals surface area contributed by atoms with E-state index < -0.39 is 70.2 Å². The van der Waals surface area contributed by atoms with E-state index in [9.17, 15) is 38.4 Å². The summed E-state index contributed by atoms with van der Waals surface area (Å²) in [5.74, 6) is -4.27. The minimum absolute atomic E-state index is 0.0270. The molecule has 32 heavy (non-hydrogen) atoms.